The summed E-state index contributed by atoms with van der Waals surface area (Å²) in [5.74, 6) is 0.314. The number of hydrogen-bond donors (Lipinski definition) is 1. The first-order valence-corrected chi connectivity index (χ1v) is 6.29. The van der Waals surface area contributed by atoms with Gasteiger partial charge in [0, 0.05) is 15.1 Å². The van der Waals surface area contributed by atoms with Crippen molar-refractivity contribution >= 4 is 33.6 Å². The molecule has 0 spiro atoms. The number of anilines is 1. The molecule has 5 heteroatoms. The third-order valence-electron chi connectivity index (χ3n) is 1.90. The van der Waals surface area contributed by atoms with Gasteiger partial charge in [0.25, 0.3) is 0 Å². The molecule has 3 nitrogen and oxygen atoms in total. The predicted octanol–water partition coefficient (Wildman–Crippen LogP) is 3.28. The molecule has 16 heavy (non-hydrogen) atoms. The van der Waals surface area contributed by atoms with Crippen molar-refractivity contribution in [1.29, 1.82) is 0 Å². The zero-order chi connectivity index (χ0) is 11.5. The SMILES string of the molecule is Cc1cc(Sc2ccccc2Br)nc(N)n1. The van der Waals surface area contributed by atoms with Crippen molar-refractivity contribution in [2.24, 2.45) is 0 Å². The van der Waals surface area contributed by atoms with E-state index >= 15 is 0 Å². The Morgan fingerprint density at radius 2 is 2.00 bits per heavy atom. The first kappa shape index (κ1) is 11.4. The van der Waals surface area contributed by atoms with Gasteiger partial charge in [-0.1, -0.05) is 23.9 Å². The monoisotopic (exact) mass is 295 g/mol. The minimum absolute atomic E-state index is 0.314. The van der Waals surface area contributed by atoms with Crippen LogP contribution in [-0.4, -0.2) is 9.97 Å². The number of hydrogen-bond acceptors (Lipinski definition) is 4. The van der Waals surface area contributed by atoms with E-state index < -0.39 is 0 Å². The van der Waals surface area contributed by atoms with E-state index in [1.807, 2.05) is 37.3 Å². The molecule has 2 N–H and O–H groups in total. The molecule has 0 fully saturated rings. The van der Waals surface area contributed by atoms with E-state index in [1.165, 1.54) is 0 Å². The molecule has 2 rings (SSSR count). The lowest BCUT2D eigenvalue weighted by Gasteiger charge is -2.04. The first-order chi connectivity index (χ1) is 7.65. The summed E-state index contributed by atoms with van der Waals surface area (Å²) in [4.78, 5) is 9.33. The van der Waals surface area contributed by atoms with Crippen molar-refractivity contribution in [3.05, 3.63) is 40.5 Å². The molecular formula is C11H10BrN3S. The Morgan fingerprint density at radius 1 is 1.25 bits per heavy atom. The number of nitrogens with zero attached hydrogens (tertiary/aromatic N) is 2. The number of nitrogen functional groups attached to an aromatic ring is 1. The van der Waals surface area contributed by atoms with Gasteiger partial charge in [-0.15, -0.1) is 0 Å². The highest BCUT2D eigenvalue weighted by atomic mass is 79.9. The summed E-state index contributed by atoms with van der Waals surface area (Å²) in [6.45, 7) is 1.90. The first-order valence-electron chi connectivity index (χ1n) is 4.69. The molecule has 0 aliphatic heterocycles. The van der Waals surface area contributed by atoms with Gasteiger partial charge in [0.15, 0.2) is 0 Å². The van der Waals surface area contributed by atoms with Gasteiger partial charge in [0.05, 0.1) is 0 Å². The molecule has 1 heterocycles. The Hall–Kier alpha value is -1.07. The van der Waals surface area contributed by atoms with Crippen molar-refractivity contribution in [3.63, 3.8) is 0 Å². The fourth-order valence-electron chi connectivity index (χ4n) is 1.25. The third kappa shape index (κ3) is 2.74. The van der Waals surface area contributed by atoms with Gasteiger partial charge in [-0.25, -0.2) is 9.97 Å². The van der Waals surface area contributed by atoms with Gasteiger partial charge in [-0.2, -0.15) is 0 Å². The topological polar surface area (TPSA) is 51.8 Å². The van der Waals surface area contributed by atoms with Gasteiger partial charge in [0.1, 0.15) is 5.03 Å². The van der Waals surface area contributed by atoms with Crippen LogP contribution in [0.5, 0.6) is 0 Å². The normalized spacial score (nSPS) is 10.4. The molecule has 1 aromatic carbocycles. The molecular weight excluding hydrogens is 286 g/mol. The molecule has 0 saturated heterocycles. The Kier molecular flexibility index (Phi) is 3.46. The lowest BCUT2D eigenvalue weighted by atomic mass is 10.4. The van der Waals surface area contributed by atoms with Crippen LogP contribution >= 0.6 is 27.7 Å². The van der Waals surface area contributed by atoms with Crippen LogP contribution in [0.4, 0.5) is 5.95 Å². The zero-order valence-corrected chi connectivity index (χ0v) is 11.0. The van der Waals surface area contributed by atoms with Crippen LogP contribution in [0.25, 0.3) is 0 Å². The summed E-state index contributed by atoms with van der Waals surface area (Å²) >= 11 is 5.06. The standard InChI is InChI=1S/C11H10BrN3S/c1-7-6-10(15-11(13)14-7)16-9-5-3-2-4-8(9)12/h2-6H,1H3,(H2,13,14,15). The van der Waals surface area contributed by atoms with Crippen LogP contribution in [-0.2, 0) is 0 Å². The summed E-state index contributed by atoms with van der Waals surface area (Å²) in [6.07, 6.45) is 0. The molecule has 0 atom stereocenters. The molecule has 0 aliphatic rings. The predicted molar refractivity (Wildman–Crippen MR) is 69.4 cm³/mol. The summed E-state index contributed by atoms with van der Waals surface area (Å²) in [5, 5.41) is 0.858. The number of nitrogens with two attached hydrogens (primary N) is 1. The Bertz CT molecular complexity index is 496. The van der Waals surface area contributed by atoms with Gasteiger partial charge in [0.2, 0.25) is 5.95 Å². The van der Waals surface area contributed by atoms with Crippen LogP contribution < -0.4 is 5.73 Å². The summed E-state index contributed by atoms with van der Waals surface area (Å²) < 4.78 is 1.05. The Morgan fingerprint density at radius 3 is 2.69 bits per heavy atom. The quantitative estimate of drug-likeness (QED) is 0.864. The van der Waals surface area contributed by atoms with Crippen LogP contribution in [0, 0.1) is 6.92 Å². The summed E-state index contributed by atoms with van der Waals surface area (Å²) in [6, 6.07) is 9.92. The second-order valence-corrected chi connectivity index (χ2v) is 5.15. The highest BCUT2D eigenvalue weighted by molar-refractivity contribution is 9.10. The van der Waals surface area contributed by atoms with Gasteiger partial charge < -0.3 is 5.73 Å². The number of benzene rings is 1. The minimum Gasteiger partial charge on any atom is -0.368 e. The molecule has 2 aromatic rings. The molecule has 0 amide bonds. The average molecular weight is 296 g/mol. The van der Waals surface area contributed by atoms with Crippen LogP contribution in [0.3, 0.4) is 0 Å². The van der Waals surface area contributed by atoms with E-state index in [2.05, 4.69) is 25.9 Å². The van der Waals surface area contributed by atoms with Gasteiger partial charge >= 0.3 is 0 Å². The maximum atomic E-state index is 5.60. The molecule has 1 aromatic heterocycles. The highest BCUT2D eigenvalue weighted by Gasteiger charge is 2.04. The van der Waals surface area contributed by atoms with E-state index in [1.54, 1.807) is 11.8 Å². The second-order valence-electron chi connectivity index (χ2n) is 3.24. The van der Waals surface area contributed by atoms with Crippen LogP contribution in [0.1, 0.15) is 5.69 Å². The molecule has 0 saturated carbocycles. The maximum absolute atomic E-state index is 5.60. The molecule has 0 aliphatic carbocycles. The number of rotatable bonds is 2. The van der Waals surface area contributed by atoms with E-state index in [4.69, 9.17) is 5.73 Å². The fourth-order valence-corrected chi connectivity index (χ4v) is 2.69. The largest absolute Gasteiger partial charge is 0.368 e. The van der Waals surface area contributed by atoms with Crippen molar-refractivity contribution < 1.29 is 0 Å². The summed E-state index contributed by atoms with van der Waals surface area (Å²) in [7, 11) is 0. The molecule has 0 bridgehead atoms. The van der Waals surface area contributed by atoms with Gasteiger partial charge in [-0.05, 0) is 41.1 Å². The van der Waals surface area contributed by atoms with E-state index in [0.29, 0.717) is 5.95 Å². The van der Waals surface area contributed by atoms with E-state index in [-0.39, 0.29) is 0 Å². The van der Waals surface area contributed by atoms with Crippen molar-refractivity contribution in [2.45, 2.75) is 16.8 Å². The lowest BCUT2D eigenvalue weighted by molar-refractivity contribution is 1.02. The fraction of sp³-hybridized carbons (Fsp3) is 0.0909. The van der Waals surface area contributed by atoms with Crippen molar-refractivity contribution in [3.8, 4) is 0 Å². The number of halogens is 1. The zero-order valence-electron chi connectivity index (χ0n) is 8.64. The molecule has 0 unspecified atom stereocenters. The van der Waals surface area contributed by atoms with Crippen molar-refractivity contribution in [1.82, 2.24) is 9.97 Å². The minimum atomic E-state index is 0.314. The number of aromatic nitrogens is 2. The second kappa shape index (κ2) is 4.84. The van der Waals surface area contributed by atoms with Crippen LogP contribution in [0.15, 0.2) is 44.7 Å². The van der Waals surface area contributed by atoms with E-state index in [0.717, 1.165) is 20.1 Å². The summed E-state index contributed by atoms with van der Waals surface area (Å²) in [5.41, 5.74) is 6.48. The van der Waals surface area contributed by atoms with E-state index in [9.17, 15) is 0 Å². The van der Waals surface area contributed by atoms with Crippen molar-refractivity contribution in [2.75, 3.05) is 5.73 Å². The van der Waals surface area contributed by atoms with Crippen LogP contribution in [0.2, 0.25) is 0 Å². The smallest absolute Gasteiger partial charge is 0.221 e. The lowest BCUT2D eigenvalue weighted by Crippen LogP contribution is -1.97. The Balaban J connectivity index is 2.30. The average Bonchev–Trinajstić information content (AvgIpc) is 2.20. The highest BCUT2D eigenvalue weighted by Crippen LogP contribution is 2.32. The third-order valence-corrected chi connectivity index (χ3v) is 3.85. The molecule has 0 radical (unpaired) electrons. The number of aryl methyl sites for hydroxylation is 1. The Labute approximate surface area is 107 Å². The van der Waals surface area contributed by atoms with Gasteiger partial charge in [-0.3, -0.25) is 0 Å². The maximum Gasteiger partial charge on any atom is 0.221 e. The molecule has 82 valence electrons.